The van der Waals surface area contributed by atoms with Crippen molar-refractivity contribution in [2.75, 3.05) is 40.1 Å². The second-order valence-corrected chi connectivity index (χ2v) is 5.31. The van der Waals surface area contributed by atoms with Crippen molar-refractivity contribution >= 4 is 5.91 Å². The van der Waals surface area contributed by atoms with Crippen molar-refractivity contribution in [3.8, 4) is 0 Å². The van der Waals surface area contributed by atoms with Gasteiger partial charge in [-0.05, 0) is 27.8 Å². The maximum atomic E-state index is 11.2. The smallest absolute Gasteiger partial charge is 0.220 e. The van der Waals surface area contributed by atoms with Crippen molar-refractivity contribution in [1.29, 1.82) is 0 Å². The minimum Gasteiger partial charge on any atom is -0.377 e. The predicted molar refractivity (Wildman–Crippen MR) is 83.5 cm³/mol. The van der Waals surface area contributed by atoms with Gasteiger partial charge in [0.2, 0.25) is 5.91 Å². The van der Waals surface area contributed by atoms with Gasteiger partial charge >= 0.3 is 0 Å². The van der Waals surface area contributed by atoms with E-state index >= 15 is 0 Å². The Morgan fingerprint density at radius 1 is 1.00 bits per heavy atom. The average molecular weight is 304 g/mol. The number of ether oxygens (including phenoxy) is 3. The Kier molecular flexibility index (Phi) is 12.6. The van der Waals surface area contributed by atoms with Gasteiger partial charge in [-0.25, -0.2) is 0 Å². The van der Waals surface area contributed by atoms with E-state index in [9.17, 15) is 4.79 Å². The number of carbonyl (C=O) groups excluding carboxylic acids is 1. The Morgan fingerprint density at radius 2 is 1.62 bits per heavy atom. The third-order valence-corrected chi connectivity index (χ3v) is 2.94. The summed E-state index contributed by atoms with van der Waals surface area (Å²) in [5, 5.41) is 5.96. The molecule has 0 aliphatic heterocycles. The first-order valence-corrected chi connectivity index (χ1v) is 7.73. The van der Waals surface area contributed by atoms with Crippen LogP contribution in [0.15, 0.2) is 0 Å². The van der Waals surface area contributed by atoms with Crippen molar-refractivity contribution in [3.63, 3.8) is 0 Å². The summed E-state index contributed by atoms with van der Waals surface area (Å²) in [5.41, 5.74) is 0. The maximum Gasteiger partial charge on any atom is 0.220 e. The molecule has 21 heavy (non-hydrogen) atoms. The number of rotatable bonds is 13. The molecule has 0 bridgehead atoms. The highest BCUT2D eigenvalue weighted by atomic mass is 16.5. The number of hydrogen-bond acceptors (Lipinski definition) is 5. The van der Waals surface area contributed by atoms with Crippen LogP contribution in [0.5, 0.6) is 0 Å². The molecule has 0 rings (SSSR count). The van der Waals surface area contributed by atoms with Crippen LogP contribution in [0.2, 0.25) is 0 Å². The lowest BCUT2D eigenvalue weighted by molar-refractivity contribution is -0.122. The molecule has 3 atom stereocenters. The molecular formula is C15H32N2O4. The van der Waals surface area contributed by atoms with Crippen LogP contribution in [-0.2, 0) is 19.0 Å². The van der Waals surface area contributed by atoms with Gasteiger partial charge < -0.3 is 24.8 Å². The first kappa shape index (κ1) is 20.3. The standard InChI is InChI=1S/C15H32N2O4/c1-6-15(18)17-13(3)10-21-14(4)11-20-8-7-19-9-12(2)16-5/h12-14,16H,6-11H2,1-5H3,(H,17,18). The van der Waals surface area contributed by atoms with E-state index in [1.165, 1.54) is 0 Å². The maximum absolute atomic E-state index is 11.2. The van der Waals surface area contributed by atoms with Crippen LogP contribution in [0.4, 0.5) is 0 Å². The Balaban J connectivity index is 3.45. The van der Waals surface area contributed by atoms with E-state index in [0.29, 0.717) is 45.5 Å². The number of hydrogen-bond donors (Lipinski definition) is 2. The van der Waals surface area contributed by atoms with Gasteiger partial charge in [0.05, 0.1) is 39.1 Å². The van der Waals surface area contributed by atoms with Gasteiger partial charge in [-0.2, -0.15) is 0 Å². The minimum atomic E-state index is 0.00205. The minimum absolute atomic E-state index is 0.00205. The first-order valence-electron chi connectivity index (χ1n) is 7.73. The molecular weight excluding hydrogens is 272 g/mol. The second kappa shape index (κ2) is 13.0. The molecule has 6 nitrogen and oxygen atoms in total. The fourth-order valence-electron chi connectivity index (χ4n) is 1.49. The number of carbonyl (C=O) groups is 1. The van der Waals surface area contributed by atoms with Gasteiger partial charge in [-0.3, -0.25) is 4.79 Å². The van der Waals surface area contributed by atoms with Crippen LogP contribution in [0.3, 0.4) is 0 Å². The summed E-state index contributed by atoms with van der Waals surface area (Å²) in [6.07, 6.45) is 0.497. The molecule has 0 radical (unpaired) electrons. The first-order chi connectivity index (χ1) is 9.99. The molecule has 6 heteroatoms. The largest absolute Gasteiger partial charge is 0.377 e. The molecule has 1 amide bonds. The lowest BCUT2D eigenvalue weighted by Crippen LogP contribution is -2.36. The average Bonchev–Trinajstić information content (AvgIpc) is 2.48. The SMILES string of the molecule is CCC(=O)NC(C)COC(C)COCCOCC(C)NC. The number of amides is 1. The van der Waals surface area contributed by atoms with Crippen molar-refractivity contribution in [2.24, 2.45) is 0 Å². The number of likely N-dealkylation sites (N-methyl/N-ethyl adjacent to an activating group) is 1. The highest BCUT2D eigenvalue weighted by Crippen LogP contribution is 1.95. The molecule has 3 unspecified atom stereocenters. The van der Waals surface area contributed by atoms with Gasteiger partial charge in [0, 0.05) is 18.5 Å². The van der Waals surface area contributed by atoms with Gasteiger partial charge in [0.15, 0.2) is 0 Å². The zero-order valence-electron chi connectivity index (χ0n) is 14.1. The highest BCUT2D eigenvalue weighted by molar-refractivity contribution is 5.75. The van der Waals surface area contributed by atoms with E-state index in [1.54, 1.807) is 0 Å². The molecule has 0 saturated heterocycles. The van der Waals surface area contributed by atoms with Crippen LogP contribution < -0.4 is 10.6 Å². The van der Waals surface area contributed by atoms with Gasteiger partial charge in [-0.15, -0.1) is 0 Å². The summed E-state index contributed by atoms with van der Waals surface area (Å²) >= 11 is 0. The quantitative estimate of drug-likeness (QED) is 0.496. The molecule has 0 spiro atoms. The summed E-state index contributed by atoms with van der Waals surface area (Å²) in [6.45, 7) is 10.6. The van der Waals surface area contributed by atoms with Crippen molar-refractivity contribution < 1.29 is 19.0 Å². The fourth-order valence-corrected chi connectivity index (χ4v) is 1.49. The zero-order valence-corrected chi connectivity index (χ0v) is 14.1. The normalized spacial score (nSPS) is 15.5. The monoisotopic (exact) mass is 304 g/mol. The summed E-state index contributed by atoms with van der Waals surface area (Å²) < 4.78 is 16.6. The summed E-state index contributed by atoms with van der Waals surface area (Å²) in [7, 11) is 1.91. The van der Waals surface area contributed by atoms with Crippen LogP contribution >= 0.6 is 0 Å². The summed E-state index contributed by atoms with van der Waals surface area (Å²) in [4.78, 5) is 11.2. The Bertz CT molecular complexity index is 264. The Morgan fingerprint density at radius 3 is 2.19 bits per heavy atom. The van der Waals surface area contributed by atoms with Gasteiger partial charge in [0.1, 0.15) is 0 Å². The van der Waals surface area contributed by atoms with Crippen molar-refractivity contribution in [2.45, 2.75) is 52.3 Å². The Labute approximate surface area is 128 Å². The number of nitrogens with one attached hydrogen (secondary N) is 2. The Hall–Kier alpha value is -0.690. The third-order valence-electron chi connectivity index (χ3n) is 2.94. The van der Waals surface area contributed by atoms with Gasteiger partial charge in [-0.1, -0.05) is 6.92 Å². The van der Waals surface area contributed by atoms with Crippen molar-refractivity contribution in [3.05, 3.63) is 0 Å². The molecule has 0 aliphatic carbocycles. The van der Waals surface area contributed by atoms with Crippen LogP contribution in [0.25, 0.3) is 0 Å². The molecule has 2 N–H and O–H groups in total. The molecule has 126 valence electrons. The molecule has 0 fully saturated rings. The summed E-state index contributed by atoms with van der Waals surface area (Å²) in [6, 6.07) is 0.373. The van der Waals surface area contributed by atoms with Crippen LogP contribution in [-0.4, -0.2) is 64.2 Å². The van der Waals surface area contributed by atoms with E-state index in [0.717, 1.165) is 0 Å². The molecule has 0 saturated carbocycles. The van der Waals surface area contributed by atoms with Crippen LogP contribution in [0.1, 0.15) is 34.1 Å². The van der Waals surface area contributed by atoms with E-state index < -0.39 is 0 Å². The summed E-state index contributed by atoms with van der Waals surface area (Å²) in [5.74, 6) is 0.0444. The van der Waals surface area contributed by atoms with Gasteiger partial charge in [0.25, 0.3) is 0 Å². The predicted octanol–water partition coefficient (Wildman–Crippen LogP) is 0.947. The highest BCUT2D eigenvalue weighted by Gasteiger charge is 2.08. The second-order valence-electron chi connectivity index (χ2n) is 5.31. The van der Waals surface area contributed by atoms with E-state index in [4.69, 9.17) is 14.2 Å². The van der Waals surface area contributed by atoms with E-state index in [-0.39, 0.29) is 18.1 Å². The molecule has 0 aromatic heterocycles. The fraction of sp³-hybridized carbons (Fsp3) is 0.933. The third kappa shape index (κ3) is 12.7. The zero-order chi connectivity index (χ0) is 16.1. The molecule has 0 heterocycles. The van der Waals surface area contributed by atoms with Crippen LogP contribution in [0, 0.1) is 0 Å². The molecule has 0 aliphatic rings. The molecule has 0 aromatic carbocycles. The topological polar surface area (TPSA) is 68.8 Å². The van der Waals surface area contributed by atoms with Crippen molar-refractivity contribution in [1.82, 2.24) is 10.6 Å². The lowest BCUT2D eigenvalue weighted by Gasteiger charge is -2.18. The molecule has 0 aromatic rings. The van der Waals surface area contributed by atoms with E-state index in [2.05, 4.69) is 17.6 Å². The lowest BCUT2D eigenvalue weighted by atomic mass is 10.3. The van der Waals surface area contributed by atoms with E-state index in [1.807, 2.05) is 27.8 Å².